The zero-order valence-electron chi connectivity index (χ0n) is 8.90. The summed E-state index contributed by atoms with van der Waals surface area (Å²) in [4.78, 5) is 10.3. The van der Waals surface area contributed by atoms with Crippen LogP contribution in [0.3, 0.4) is 0 Å². The molecule has 1 aromatic rings. The van der Waals surface area contributed by atoms with Crippen molar-refractivity contribution < 1.29 is 14.6 Å². The Labute approximate surface area is 90.3 Å². The number of carbonyl (C=O) groups is 1. The highest BCUT2D eigenvalue weighted by Gasteiger charge is 2.04. The lowest BCUT2D eigenvalue weighted by atomic mass is 10.2. The van der Waals surface area contributed by atoms with Crippen LogP contribution in [0.5, 0.6) is 11.5 Å². The van der Waals surface area contributed by atoms with Gasteiger partial charge in [-0.15, -0.1) is 26.3 Å². The number of phenols is 1. The number of aromatic hydroxyl groups is 1. The van der Waals surface area contributed by atoms with Gasteiger partial charge in [-0.2, -0.15) is 0 Å². The number of carbonyl (C=O) groups excluding carboxylic acids is 1. The van der Waals surface area contributed by atoms with Gasteiger partial charge in [-0.1, -0.05) is 6.07 Å². The quantitative estimate of drug-likeness (QED) is 0.600. The SMILES string of the molecule is C=C.C=C.COc1cccc(C=O)c1O. The van der Waals surface area contributed by atoms with Crippen molar-refractivity contribution in [2.45, 2.75) is 0 Å². The first-order valence-corrected chi connectivity index (χ1v) is 4.10. The van der Waals surface area contributed by atoms with Crippen molar-refractivity contribution in [2.75, 3.05) is 7.11 Å². The molecular weight excluding hydrogens is 192 g/mol. The van der Waals surface area contributed by atoms with E-state index in [0.29, 0.717) is 12.0 Å². The standard InChI is InChI=1S/C8H8O3.2C2H4/c1-11-7-4-2-3-6(5-9)8(7)10;2*1-2/h2-5,10H,1H3;2*1-2H2. The van der Waals surface area contributed by atoms with Gasteiger partial charge in [0.15, 0.2) is 17.8 Å². The van der Waals surface area contributed by atoms with E-state index >= 15 is 0 Å². The van der Waals surface area contributed by atoms with Crippen molar-refractivity contribution in [1.82, 2.24) is 0 Å². The maximum Gasteiger partial charge on any atom is 0.168 e. The van der Waals surface area contributed by atoms with Gasteiger partial charge in [-0.25, -0.2) is 0 Å². The van der Waals surface area contributed by atoms with Crippen LogP contribution in [0.4, 0.5) is 0 Å². The average Bonchev–Trinajstić information content (AvgIpc) is 2.34. The van der Waals surface area contributed by atoms with Crippen molar-refractivity contribution in [3.63, 3.8) is 0 Å². The van der Waals surface area contributed by atoms with Gasteiger partial charge >= 0.3 is 0 Å². The first-order chi connectivity index (χ1) is 7.29. The predicted octanol–water partition coefficient (Wildman–Crippen LogP) is 2.82. The molecule has 0 unspecified atom stereocenters. The molecule has 1 aromatic carbocycles. The maximum absolute atomic E-state index is 10.3. The van der Waals surface area contributed by atoms with Crippen LogP contribution >= 0.6 is 0 Å². The normalized spacial score (nSPS) is 7.27. The smallest absolute Gasteiger partial charge is 0.168 e. The zero-order chi connectivity index (χ0) is 12.3. The van der Waals surface area contributed by atoms with E-state index in [2.05, 4.69) is 26.3 Å². The summed E-state index contributed by atoms with van der Waals surface area (Å²) < 4.78 is 4.78. The van der Waals surface area contributed by atoms with Crippen LogP contribution in [-0.4, -0.2) is 18.5 Å². The minimum absolute atomic E-state index is 0.106. The fraction of sp³-hybridized carbons (Fsp3) is 0.0833. The molecule has 0 heterocycles. The van der Waals surface area contributed by atoms with E-state index in [-0.39, 0.29) is 11.3 Å². The van der Waals surface area contributed by atoms with E-state index in [9.17, 15) is 9.90 Å². The van der Waals surface area contributed by atoms with E-state index in [4.69, 9.17) is 4.74 Å². The molecule has 1 rings (SSSR count). The number of methoxy groups -OCH3 is 1. The molecule has 0 fully saturated rings. The van der Waals surface area contributed by atoms with Gasteiger partial charge in [0, 0.05) is 0 Å². The van der Waals surface area contributed by atoms with E-state index in [0.717, 1.165) is 0 Å². The molecule has 0 spiro atoms. The Balaban J connectivity index is 0. The maximum atomic E-state index is 10.3. The molecule has 0 bridgehead atoms. The first kappa shape index (κ1) is 15.4. The van der Waals surface area contributed by atoms with Gasteiger partial charge in [0.1, 0.15) is 0 Å². The molecule has 0 saturated carbocycles. The van der Waals surface area contributed by atoms with Crippen molar-refractivity contribution >= 4 is 6.29 Å². The minimum Gasteiger partial charge on any atom is -0.504 e. The van der Waals surface area contributed by atoms with Crippen molar-refractivity contribution in [3.05, 3.63) is 50.1 Å². The van der Waals surface area contributed by atoms with E-state index in [1.54, 1.807) is 12.1 Å². The summed E-state index contributed by atoms with van der Waals surface area (Å²) in [6.45, 7) is 12.0. The van der Waals surface area contributed by atoms with Gasteiger partial charge in [-0.05, 0) is 12.1 Å². The van der Waals surface area contributed by atoms with Crippen LogP contribution in [0.2, 0.25) is 0 Å². The Morgan fingerprint density at radius 1 is 1.27 bits per heavy atom. The summed E-state index contributed by atoms with van der Waals surface area (Å²) >= 11 is 0. The third-order valence-corrected chi connectivity index (χ3v) is 1.38. The molecule has 15 heavy (non-hydrogen) atoms. The first-order valence-electron chi connectivity index (χ1n) is 4.10. The predicted molar refractivity (Wildman–Crippen MR) is 62.6 cm³/mol. The highest BCUT2D eigenvalue weighted by atomic mass is 16.5. The van der Waals surface area contributed by atoms with Gasteiger partial charge in [-0.3, -0.25) is 4.79 Å². The number of rotatable bonds is 2. The Morgan fingerprint density at radius 2 is 1.80 bits per heavy atom. The second-order valence-electron chi connectivity index (χ2n) is 2.02. The topological polar surface area (TPSA) is 46.5 Å². The van der Waals surface area contributed by atoms with E-state index in [1.165, 1.54) is 13.2 Å². The summed E-state index contributed by atoms with van der Waals surface area (Å²) in [5, 5.41) is 9.23. The molecule has 0 saturated heterocycles. The second-order valence-corrected chi connectivity index (χ2v) is 2.02. The molecule has 0 atom stereocenters. The van der Waals surface area contributed by atoms with Crippen molar-refractivity contribution in [3.8, 4) is 11.5 Å². The van der Waals surface area contributed by atoms with Crippen LogP contribution in [0.25, 0.3) is 0 Å². The van der Waals surface area contributed by atoms with Gasteiger partial charge in [0.2, 0.25) is 0 Å². The highest BCUT2D eigenvalue weighted by Crippen LogP contribution is 2.27. The number of hydrogen-bond acceptors (Lipinski definition) is 3. The fourth-order valence-electron chi connectivity index (χ4n) is 0.799. The Kier molecular flexibility index (Phi) is 10.4. The summed E-state index contributed by atoms with van der Waals surface area (Å²) in [6, 6.07) is 4.75. The molecule has 0 aliphatic carbocycles. The van der Waals surface area contributed by atoms with Crippen LogP contribution in [0.15, 0.2) is 44.5 Å². The van der Waals surface area contributed by atoms with Crippen LogP contribution in [-0.2, 0) is 0 Å². The fourth-order valence-corrected chi connectivity index (χ4v) is 0.799. The molecule has 3 heteroatoms. The number of ether oxygens (including phenoxy) is 1. The third-order valence-electron chi connectivity index (χ3n) is 1.38. The molecule has 0 aromatic heterocycles. The monoisotopic (exact) mass is 208 g/mol. The lowest BCUT2D eigenvalue weighted by Crippen LogP contribution is -1.86. The summed E-state index contributed by atoms with van der Waals surface area (Å²) in [5.41, 5.74) is 0.240. The van der Waals surface area contributed by atoms with Gasteiger partial charge in [0.05, 0.1) is 12.7 Å². The Hall–Kier alpha value is -2.03. The Morgan fingerprint density at radius 3 is 2.20 bits per heavy atom. The third kappa shape index (κ3) is 4.67. The molecule has 0 aliphatic heterocycles. The number of benzene rings is 1. The largest absolute Gasteiger partial charge is 0.504 e. The van der Waals surface area contributed by atoms with Crippen LogP contribution in [0.1, 0.15) is 10.4 Å². The van der Waals surface area contributed by atoms with Crippen molar-refractivity contribution in [2.24, 2.45) is 0 Å². The number of aldehydes is 1. The number of phenolic OH excluding ortho intramolecular Hbond substituents is 1. The minimum atomic E-state index is -0.106. The summed E-state index contributed by atoms with van der Waals surface area (Å²) in [5.74, 6) is 0.208. The average molecular weight is 208 g/mol. The lowest BCUT2D eigenvalue weighted by Gasteiger charge is -2.02. The van der Waals surface area contributed by atoms with Crippen LogP contribution in [0, 0.1) is 0 Å². The molecule has 82 valence electrons. The molecule has 0 radical (unpaired) electrons. The van der Waals surface area contributed by atoms with Crippen LogP contribution < -0.4 is 4.74 Å². The molecular formula is C12H16O3. The highest BCUT2D eigenvalue weighted by molar-refractivity contribution is 5.80. The van der Waals surface area contributed by atoms with Crippen molar-refractivity contribution in [1.29, 1.82) is 0 Å². The Bertz CT molecular complexity index is 293. The molecule has 3 nitrogen and oxygen atoms in total. The lowest BCUT2D eigenvalue weighted by molar-refractivity contribution is 0.112. The molecule has 0 aliphatic rings. The van der Waals surface area contributed by atoms with Gasteiger partial charge < -0.3 is 9.84 Å². The zero-order valence-corrected chi connectivity index (χ0v) is 8.90. The summed E-state index contributed by atoms with van der Waals surface area (Å²) in [6.07, 6.45) is 0.581. The molecule has 0 amide bonds. The number of para-hydroxylation sites is 1. The second kappa shape index (κ2) is 10.1. The molecule has 1 N–H and O–H groups in total. The van der Waals surface area contributed by atoms with Gasteiger partial charge in [0.25, 0.3) is 0 Å². The van der Waals surface area contributed by atoms with E-state index < -0.39 is 0 Å². The number of hydrogen-bond donors (Lipinski definition) is 1. The van der Waals surface area contributed by atoms with E-state index in [1.807, 2.05) is 0 Å². The summed E-state index contributed by atoms with van der Waals surface area (Å²) in [7, 11) is 1.43.